The fraction of sp³-hybridized carbons (Fsp3) is 0.350. The number of halogens is 1. The SMILES string of the molecule is Cn1ccnc1C1CCCCN1C(=O)c1cc(Cc2ccc(F)cc2)no1. The molecule has 2 aromatic heterocycles. The predicted octanol–water partition coefficient (Wildman–Crippen LogP) is 3.51. The lowest BCUT2D eigenvalue weighted by Crippen LogP contribution is -2.39. The summed E-state index contributed by atoms with van der Waals surface area (Å²) in [5.41, 5.74) is 1.56. The van der Waals surface area contributed by atoms with Gasteiger partial charge in [0.2, 0.25) is 5.76 Å². The molecule has 0 aliphatic carbocycles. The molecule has 7 heteroatoms. The van der Waals surface area contributed by atoms with Crippen LogP contribution in [-0.4, -0.2) is 32.1 Å². The van der Waals surface area contributed by atoms with E-state index in [0.717, 1.165) is 30.7 Å². The van der Waals surface area contributed by atoms with E-state index in [0.29, 0.717) is 18.7 Å². The van der Waals surface area contributed by atoms with E-state index in [1.807, 2.05) is 22.7 Å². The Labute approximate surface area is 156 Å². The van der Waals surface area contributed by atoms with Crippen LogP contribution in [0.15, 0.2) is 47.2 Å². The lowest BCUT2D eigenvalue weighted by Gasteiger charge is -2.34. The van der Waals surface area contributed by atoms with Crippen molar-refractivity contribution in [2.24, 2.45) is 7.05 Å². The third-order valence-corrected chi connectivity index (χ3v) is 4.99. The number of carbonyl (C=O) groups excluding carboxylic acids is 1. The van der Waals surface area contributed by atoms with Crippen LogP contribution in [0, 0.1) is 5.82 Å². The van der Waals surface area contributed by atoms with E-state index in [-0.39, 0.29) is 23.5 Å². The quantitative estimate of drug-likeness (QED) is 0.707. The molecule has 1 fully saturated rings. The van der Waals surface area contributed by atoms with Crippen molar-refractivity contribution in [3.63, 3.8) is 0 Å². The van der Waals surface area contributed by atoms with Crippen LogP contribution in [0.25, 0.3) is 0 Å². The van der Waals surface area contributed by atoms with Crippen LogP contribution in [0.5, 0.6) is 0 Å². The molecule has 1 unspecified atom stereocenters. The molecule has 0 radical (unpaired) electrons. The Morgan fingerprint density at radius 1 is 1.30 bits per heavy atom. The Hall–Kier alpha value is -2.96. The van der Waals surface area contributed by atoms with Crippen molar-refractivity contribution in [1.82, 2.24) is 19.6 Å². The molecule has 3 heterocycles. The summed E-state index contributed by atoms with van der Waals surface area (Å²) in [6.45, 7) is 0.671. The zero-order valence-corrected chi connectivity index (χ0v) is 15.1. The smallest absolute Gasteiger partial charge is 0.293 e. The summed E-state index contributed by atoms with van der Waals surface area (Å²) < 4.78 is 20.3. The summed E-state index contributed by atoms with van der Waals surface area (Å²) in [6.07, 6.45) is 7.04. The number of likely N-dealkylation sites (tertiary alicyclic amines) is 1. The number of aromatic nitrogens is 3. The first kappa shape index (κ1) is 17.5. The fourth-order valence-corrected chi connectivity index (χ4v) is 3.59. The van der Waals surface area contributed by atoms with Gasteiger partial charge in [-0.2, -0.15) is 0 Å². The number of amides is 1. The van der Waals surface area contributed by atoms with Gasteiger partial charge in [-0.3, -0.25) is 4.79 Å². The molecule has 3 aromatic rings. The maximum absolute atomic E-state index is 13.0. The summed E-state index contributed by atoms with van der Waals surface area (Å²) in [5.74, 6) is 0.670. The lowest BCUT2D eigenvalue weighted by molar-refractivity contribution is 0.0554. The Balaban J connectivity index is 1.52. The largest absolute Gasteiger partial charge is 0.351 e. The first-order chi connectivity index (χ1) is 13.1. The highest BCUT2D eigenvalue weighted by atomic mass is 19.1. The van der Waals surface area contributed by atoms with Gasteiger partial charge in [0.15, 0.2) is 0 Å². The van der Waals surface area contributed by atoms with Crippen LogP contribution < -0.4 is 0 Å². The monoisotopic (exact) mass is 368 g/mol. The lowest BCUT2D eigenvalue weighted by atomic mass is 10.0. The minimum atomic E-state index is -0.278. The zero-order chi connectivity index (χ0) is 18.8. The van der Waals surface area contributed by atoms with Gasteiger partial charge in [-0.25, -0.2) is 9.37 Å². The molecule has 1 saturated heterocycles. The Morgan fingerprint density at radius 2 is 2.11 bits per heavy atom. The van der Waals surface area contributed by atoms with E-state index >= 15 is 0 Å². The zero-order valence-electron chi connectivity index (χ0n) is 15.1. The van der Waals surface area contributed by atoms with E-state index in [1.165, 1.54) is 12.1 Å². The predicted molar refractivity (Wildman–Crippen MR) is 96.5 cm³/mol. The van der Waals surface area contributed by atoms with Crippen molar-refractivity contribution < 1.29 is 13.7 Å². The highest BCUT2D eigenvalue weighted by Crippen LogP contribution is 2.31. The number of aryl methyl sites for hydroxylation is 1. The molecule has 140 valence electrons. The summed E-state index contributed by atoms with van der Waals surface area (Å²) in [5, 5.41) is 4.02. The number of carbonyl (C=O) groups is 1. The van der Waals surface area contributed by atoms with Crippen LogP contribution in [0.1, 0.15) is 52.9 Å². The van der Waals surface area contributed by atoms with Gasteiger partial charge in [-0.1, -0.05) is 17.3 Å². The van der Waals surface area contributed by atoms with Crippen molar-refractivity contribution in [2.45, 2.75) is 31.7 Å². The molecule has 4 rings (SSSR count). The molecule has 0 N–H and O–H groups in total. The van der Waals surface area contributed by atoms with E-state index in [4.69, 9.17) is 4.52 Å². The Morgan fingerprint density at radius 3 is 2.85 bits per heavy atom. The van der Waals surface area contributed by atoms with Gasteiger partial charge in [-0.15, -0.1) is 0 Å². The van der Waals surface area contributed by atoms with E-state index in [2.05, 4.69) is 10.1 Å². The molecule has 1 aliphatic rings. The number of hydrogen-bond donors (Lipinski definition) is 0. The van der Waals surface area contributed by atoms with Gasteiger partial charge in [0.1, 0.15) is 11.6 Å². The standard InChI is InChI=1S/C20H21FN4O2/c1-24-11-9-22-19(24)17-4-2-3-10-25(17)20(26)18-13-16(23-27-18)12-14-5-7-15(21)8-6-14/h5-9,11,13,17H,2-4,10,12H2,1H3. The number of hydrogen-bond acceptors (Lipinski definition) is 4. The first-order valence-corrected chi connectivity index (χ1v) is 9.10. The highest BCUT2D eigenvalue weighted by molar-refractivity contribution is 5.91. The van der Waals surface area contributed by atoms with Gasteiger partial charge in [-0.05, 0) is 37.0 Å². The van der Waals surface area contributed by atoms with Gasteiger partial charge in [0.05, 0.1) is 11.7 Å². The molecule has 1 aromatic carbocycles. The third-order valence-electron chi connectivity index (χ3n) is 4.99. The van der Waals surface area contributed by atoms with Crippen molar-refractivity contribution >= 4 is 5.91 Å². The fourth-order valence-electron chi connectivity index (χ4n) is 3.59. The van der Waals surface area contributed by atoms with Gasteiger partial charge in [0, 0.05) is 38.5 Å². The minimum Gasteiger partial charge on any atom is -0.351 e. The average Bonchev–Trinajstić information content (AvgIpc) is 3.32. The maximum atomic E-state index is 13.0. The van der Waals surface area contributed by atoms with Crippen LogP contribution in [-0.2, 0) is 13.5 Å². The Kier molecular flexibility index (Phi) is 4.75. The summed E-state index contributed by atoms with van der Waals surface area (Å²) in [7, 11) is 1.94. The average molecular weight is 368 g/mol. The van der Waals surface area contributed by atoms with Gasteiger partial charge >= 0.3 is 0 Å². The van der Waals surface area contributed by atoms with Gasteiger partial charge < -0.3 is 14.0 Å². The van der Waals surface area contributed by atoms with Crippen LogP contribution >= 0.6 is 0 Å². The second-order valence-electron chi connectivity index (χ2n) is 6.89. The first-order valence-electron chi connectivity index (χ1n) is 9.10. The topological polar surface area (TPSA) is 64.2 Å². The third kappa shape index (κ3) is 3.63. The van der Waals surface area contributed by atoms with Crippen molar-refractivity contribution in [3.05, 3.63) is 71.4 Å². The summed E-state index contributed by atoms with van der Waals surface area (Å²) in [6, 6.07) is 7.84. The number of benzene rings is 1. The van der Waals surface area contributed by atoms with Crippen molar-refractivity contribution in [1.29, 1.82) is 0 Å². The number of nitrogens with zero attached hydrogens (tertiary/aromatic N) is 4. The minimum absolute atomic E-state index is 0.0584. The molecular formula is C20H21FN4O2. The molecule has 0 spiro atoms. The normalized spacial score (nSPS) is 17.3. The molecule has 1 aliphatic heterocycles. The molecule has 1 atom stereocenters. The molecule has 1 amide bonds. The second kappa shape index (κ2) is 7.34. The van der Waals surface area contributed by atoms with Crippen molar-refractivity contribution in [2.75, 3.05) is 6.54 Å². The summed E-state index contributed by atoms with van der Waals surface area (Å²) in [4.78, 5) is 19.3. The Bertz CT molecular complexity index is 932. The number of imidazole rings is 1. The van der Waals surface area contributed by atoms with E-state index in [1.54, 1.807) is 24.4 Å². The molecule has 6 nitrogen and oxygen atoms in total. The molecule has 0 bridgehead atoms. The van der Waals surface area contributed by atoms with Crippen LogP contribution in [0.3, 0.4) is 0 Å². The maximum Gasteiger partial charge on any atom is 0.293 e. The summed E-state index contributed by atoms with van der Waals surface area (Å²) >= 11 is 0. The highest BCUT2D eigenvalue weighted by Gasteiger charge is 2.32. The molecule has 27 heavy (non-hydrogen) atoms. The van der Waals surface area contributed by atoms with Crippen molar-refractivity contribution in [3.8, 4) is 0 Å². The van der Waals surface area contributed by atoms with Crippen LogP contribution in [0.2, 0.25) is 0 Å². The van der Waals surface area contributed by atoms with Crippen LogP contribution in [0.4, 0.5) is 4.39 Å². The van der Waals surface area contributed by atoms with Gasteiger partial charge in [0.25, 0.3) is 5.91 Å². The number of piperidine rings is 1. The molecule has 0 saturated carbocycles. The van der Waals surface area contributed by atoms with E-state index < -0.39 is 0 Å². The second-order valence-corrected chi connectivity index (χ2v) is 6.89. The molecular weight excluding hydrogens is 347 g/mol. The number of rotatable bonds is 4. The van der Waals surface area contributed by atoms with E-state index in [9.17, 15) is 9.18 Å².